The molecule has 0 unspecified atom stereocenters. The fourth-order valence-corrected chi connectivity index (χ4v) is 4.51. The van der Waals surface area contributed by atoms with Gasteiger partial charge in [0.25, 0.3) is 0 Å². The van der Waals surface area contributed by atoms with Crippen molar-refractivity contribution in [3.8, 4) is 5.75 Å². The molecule has 2 aliphatic heterocycles. The molecular formula is C25H25ClFN5O4. The zero-order valence-corrected chi connectivity index (χ0v) is 20.3. The Morgan fingerprint density at radius 1 is 1.22 bits per heavy atom. The monoisotopic (exact) mass is 513 g/mol. The molecule has 2 aromatic carbocycles. The van der Waals surface area contributed by atoms with E-state index in [1.165, 1.54) is 31.6 Å². The Balaban J connectivity index is 1.30. The van der Waals surface area contributed by atoms with Gasteiger partial charge in [0.15, 0.2) is 0 Å². The predicted octanol–water partition coefficient (Wildman–Crippen LogP) is 3.77. The van der Waals surface area contributed by atoms with Gasteiger partial charge in [-0.25, -0.2) is 14.4 Å². The molecule has 11 heteroatoms. The fraction of sp³-hybridized carbons (Fsp3) is 0.320. The Morgan fingerprint density at radius 3 is 2.72 bits per heavy atom. The van der Waals surface area contributed by atoms with Crippen LogP contribution in [0.4, 0.5) is 21.6 Å². The quantitative estimate of drug-likeness (QED) is 0.461. The summed E-state index contributed by atoms with van der Waals surface area (Å²) in [6.07, 6.45) is 4.90. The molecule has 1 amide bonds. The molecule has 2 fully saturated rings. The van der Waals surface area contributed by atoms with E-state index in [0.29, 0.717) is 53.6 Å². The van der Waals surface area contributed by atoms with Crippen LogP contribution in [0.2, 0.25) is 5.02 Å². The van der Waals surface area contributed by atoms with Gasteiger partial charge in [0.2, 0.25) is 5.91 Å². The van der Waals surface area contributed by atoms with E-state index in [2.05, 4.69) is 25.5 Å². The van der Waals surface area contributed by atoms with Gasteiger partial charge in [-0.1, -0.05) is 17.7 Å². The number of ether oxygens (including phenoxy) is 3. The van der Waals surface area contributed by atoms with Crippen LogP contribution in [-0.4, -0.2) is 72.9 Å². The molecule has 1 aromatic heterocycles. The van der Waals surface area contributed by atoms with E-state index in [1.807, 2.05) is 6.08 Å². The Hall–Kier alpha value is -3.31. The smallest absolute Gasteiger partial charge is 0.248 e. The first-order valence-corrected chi connectivity index (χ1v) is 11.9. The van der Waals surface area contributed by atoms with Crippen LogP contribution in [0.5, 0.6) is 5.75 Å². The van der Waals surface area contributed by atoms with Crippen LogP contribution < -0.4 is 15.4 Å². The third kappa shape index (κ3) is 5.41. The first-order chi connectivity index (χ1) is 17.5. The van der Waals surface area contributed by atoms with Crippen LogP contribution in [0.15, 0.2) is 48.8 Å². The highest BCUT2D eigenvalue weighted by atomic mass is 35.5. The minimum absolute atomic E-state index is 0.00693. The number of methoxy groups -OCH3 is 1. The summed E-state index contributed by atoms with van der Waals surface area (Å²) in [5.74, 6) is 0.115. The Bertz CT molecular complexity index is 1290. The lowest BCUT2D eigenvalue weighted by atomic mass is 10.1. The molecule has 2 aliphatic rings. The second kappa shape index (κ2) is 10.8. The third-order valence-electron chi connectivity index (χ3n) is 6.07. The fourth-order valence-electron chi connectivity index (χ4n) is 4.33. The molecule has 5 rings (SSSR count). The van der Waals surface area contributed by atoms with Crippen molar-refractivity contribution < 1.29 is 23.4 Å². The summed E-state index contributed by atoms with van der Waals surface area (Å²) in [5.41, 5.74) is 1.62. The van der Waals surface area contributed by atoms with Crippen LogP contribution >= 0.6 is 11.6 Å². The molecule has 2 saturated heterocycles. The van der Waals surface area contributed by atoms with Crippen molar-refractivity contribution in [1.82, 2.24) is 14.9 Å². The Labute approximate surface area is 212 Å². The summed E-state index contributed by atoms with van der Waals surface area (Å²) in [6.45, 7) is 3.43. The zero-order chi connectivity index (χ0) is 25.1. The van der Waals surface area contributed by atoms with Gasteiger partial charge in [0, 0.05) is 42.9 Å². The van der Waals surface area contributed by atoms with E-state index in [4.69, 9.17) is 25.8 Å². The van der Waals surface area contributed by atoms with Crippen molar-refractivity contribution in [3.05, 3.63) is 59.7 Å². The van der Waals surface area contributed by atoms with E-state index < -0.39 is 5.82 Å². The third-order valence-corrected chi connectivity index (χ3v) is 6.36. The predicted molar refractivity (Wildman–Crippen MR) is 134 cm³/mol. The lowest BCUT2D eigenvalue weighted by Gasteiger charge is -2.24. The lowest BCUT2D eigenvalue weighted by Crippen LogP contribution is -2.36. The van der Waals surface area contributed by atoms with Gasteiger partial charge in [-0.05, 0) is 24.3 Å². The number of carbonyl (C=O) groups excluding carboxylic acids is 1. The summed E-state index contributed by atoms with van der Waals surface area (Å²) in [4.78, 5) is 23.5. The summed E-state index contributed by atoms with van der Waals surface area (Å²) >= 11 is 5.90. The second-order valence-electron chi connectivity index (χ2n) is 8.47. The maximum Gasteiger partial charge on any atom is 0.248 e. The number of nitrogens with one attached hydrogen (secondary N) is 2. The molecule has 2 atom stereocenters. The normalized spacial score (nSPS) is 20.0. The minimum Gasteiger partial charge on any atom is -0.494 e. The highest BCUT2D eigenvalue weighted by molar-refractivity contribution is 6.31. The molecular weight excluding hydrogens is 489 g/mol. The standard InChI is InChI=1S/C25H25ClFN5O4/c1-34-21-11-19-16(25(29-14-28-19)30-15-4-5-18(27)17(26)9-15)10-20(21)31-24(33)3-2-6-32-12-22-23(13-32)36-8-7-35-22/h2-5,9-11,14,22-23H,6-8,12-13H2,1H3,(H,31,33)(H,28,29,30)/t22-,23-/m0/s1. The minimum atomic E-state index is -0.512. The molecule has 9 nitrogen and oxygen atoms in total. The summed E-state index contributed by atoms with van der Waals surface area (Å²) in [6, 6.07) is 7.73. The number of hydrogen-bond donors (Lipinski definition) is 2. The van der Waals surface area contributed by atoms with Crippen molar-refractivity contribution in [2.24, 2.45) is 0 Å². The first kappa shape index (κ1) is 24.4. The number of likely N-dealkylation sites (tertiary alicyclic amines) is 1. The molecule has 3 heterocycles. The number of aromatic nitrogens is 2. The van der Waals surface area contributed by atoms with Gasteiger partial charge in [-0.15, -0.1) is 0 Å². The molecule has 0 saturated carbocycles. The van der Waals surface area contributed by atoms with Gasteiger partial charge in [-0.2, -0.15) is 0 Å². The van der Waals surface area contributed by atoms with E-state index >= 15 is 0 Å². The average molecular weight is 514 g/mol. The van der Waals surface area contributed by atoms with E-state index in [0.717, 1.165) is 13.1 Å². The number of rotatable bonds is 7. The van der Waals surface area contributed by atoms with Crippen LogP contribution in [0.25, 0.3) is 10.9 Å². The van der Waals surface area contributed by atoms with E-state index in [9.17, 15) is 9.18 Å². The van der Waals surface area contributed by atoms with Gasteiger partial charge in [0.1, 0.15) is 23.7 Å². The molecule has 0 radical (unpaired) electrons. The SMILES string of the molecule is COc1cc2ncnc(Nc3ccc(F)c(Cl)c3)c2cc1NC(=O)C=CCN1C[C@@H]2OCCO[C@H]2C1. The van der Waals surface area contributed by atoms with Gasteiger partial charge in [-0.3, -0.25) is 9.69 Å². The Morgan fingerprint density at radius 2 is 2.00 bits per heavy atom. The van der Waals surface area contributed by atoms with Crippen molar-refractivity contribution in [1.29, 1.82) is 0 Å². The molecule has 0 aliphatic carbocycles. The van der Waals surface area contributed by atoms with Gasteiger partial charge < -0.3 is 24.8 Å². The molecule has 36 heavy (non-hydrogen) atoms. The summed E-state index contributed by atoms with van der Waals surface area (Å²) in [5, 5.41) is 6.62. The van der Waals surface area contributed by atoms with Crippen molar-refractivity contribution in [2.45, 2.75) is 12.2 Å². The zero-order valence-electron chi connectivity index (χ0n) is 19.5. The van der Waals surface area contributed by atoms with E-state index in [1.54, 1.807) is 18.2 Å². The largest absolute Gasteiger partial charge is 0.494 e. The highest BCUT2D eigenvalue weighted by Crippen LogP contribution is 2.33. The number of nitrogens with zero attached hydrogens (tertiary/aromatic N) is 3. The number of anilines is 3. The number of hydrogen-bond acceptors (Lipinski definition) is 8. The van der Waals surface area contributed by atoms with Crippen LogP contribution in [-0.2, 0) is 14.3 Å². The second-order valence-corrected chi connectivity index (χ2v) is 8.88. The number of fused-ring (bicyclic) bond motifs is 2. The average Bonchev–Trinajstić information content (AvgIpc) is 3.29. The van der Waals surface area contributed by atoms with Gasteiger partial charge >= 0.3 is 0 Å². The van der Waals surface area contributed by atoms with Crippen LogP contribution in [0.3, 0.4) is 0 Å². The van der Waals surface area contributed by atoms with Crippen molar-refractivity contribution in [3.63, 3.8) is 0 Å². The number of carbonyl (C=O) groups is 1. The molecule has 0 spiro atoms. The van der Waals surface area contributed by atoms with Crippen LogP contribution in [0, 0.1) is 5.82 Å². The first-order valence-electron chi connectivity index (χ1n) is 11.5. The molecule has 3 aromatic rings. The Kier molecular flexibility index (Phi) is 7.28. The highest BCUT2D eigenvalue weighted by Gasteiger charge is 2.35. The van der Waals surface area contributed by atoms with Gasteiger partial charge in [0.05, 0.1) is 48.8 Å². The number of benzene rings is 2. The number of amides is 1. The van der Waals surface area contributed by atoms with E-state index in [-0.39, 0.29) is 23.1 Å². The molecule has 0 bridgehead atoms. The molecule has 2 N–H and O–H groups in total. The van der Waals surface area contributed by atoms with Crippen molar-refractivity contribution in [2.75, 3.05) is 50.6 Å². The maximum absolute atomic E-state index is 13.5. The van der Waals surface area contributed by atoms with Crippen LogP contribution in [0.1, 0.15) is 0 Å². The van der Waals surface area contributed by atoms with Crippen molar-refractivity contribution >= 4 is 45.6 Å². The topological polar surface area (TPSA) is 97.8 Å². The summed E-state index contributed by atoms with van der Waals surface area (Å²) in [7, 11) is 1.52. The molecule has 188 valence electrons. The number of halogens is 2. The summed E-state index contributed by atoms with van der Waals surface area (Å²) < 4.78 is 30.5. The lowest BCUT2D eigenvalue weighted by molar-refractivity contribution is -0.116. The maximum atomic E-state index is 13.5.